The standard InChI is InChI=1S/C15H18ClNO4/c1-9-7-12(5-6-13(9)16)20-8-14(18)21-10(2)15(19)17-11-3-4-11/h5-7,10-11H,3-4,8H2,1-2H3,(H,17,19)/t10-/m1/s1. The van der Waals surface area contributed by atoms with Crippen molar-refractivity contribution in [3.05, 3.63) is 28.8 Å². The molecular formula is C15H18ClNO4. The fourth-order valence-electron chi connectivity index (χ4n) is 1.68. The summed E-state index contributed by atoms with van der Waals surface area (Å²) in [6.07, 6.45) is 1.17. The van der Waals surface area contributed by atoms with Crippen LogP contribution >= 0.6 is 11.6 Å². The molecule has 5 nitrogen and oxygen atoms in total. The Balaban J connectivity index is 1.75. The molecule has 2 rings (SSSR count). The quantitative estimate of drug-likeness (QED) is 0.818. The lowest BCUT2D eigenvalue weighted by Gasteiger charge is -2.13. The lowest BCUT2D eigenvalue weighted by atomic mass is 10.2. The first kappa shape index (κ1) is 15.6. The molecule has 1 fully saturated rings. The van der Waals surface area contributed by atoms with Gasteiger partial charge in [-0.2, -0.15) is 0 Å². The second-order valence-corrected chi connectivity index (χ2v) is 5.52. The Morgan fingerprint density at radius 3 is 2.76 bits per heavy atom. The molecule has 0 aromatic heterocycles. The molecular weight excluding hydrogens is 294 g/mol. The molecule has 0 aliphatic heterocycles. The largest absolute Gasteiger partial charge is 0.482 e. The van der Waals surface area contributed by atoms with E-state index in [1.807, 2.05) is 6.92 Å². The van der Waals surface area contributed by atoms with Crippen molar-refractivity contribution in [2.75, 3.05) is 6.61 Å². The summed E-state index contributed by atoms with van der Waals surface area (Å²) in [6.45, 7) is 3.14. The molecule has 0 unspecified atom stereocenters. The van der Waals surface area contributed by atoms with E-state index in [-0.39, 0.29) is 18.6 Å². The van der Waals surface area contributed by atoms with E-state index in [2.05, 4.69) is 5.32 Å². The molecule has 1 N–H and O–H groups in total. The van der Waals surface area contributed by atoms with Crippen molar-refractivity contribution in [1.29, 1.82) is 0 Å². The third-order valence-corrected chi connectivity index (χ3v) is 3.51. The number of ether oxygens (including phenoxy) is 2. The predicted octanol–water partition coefficient (Wildman–Crippen LogP) is 2.24. The van der Waals surface area contributed by atoms with Crippen LogP contribution in [0.25, 0.3) is 0 Å². The van der Waals surface area contributed by atoms with Crippen LogP contribution in [-0.4, -0.2) is 30.6 Å². The molecule has 21 heavy (non-hydrogen) atoms. The van der Waals surface area contributed by atoms with Crippen LogP contribution < -0.4 is 10.1 Å². The second-order valence-electron chi connectivity index (χ2n) is 5.11. The monoisotopic (exact) mass is 311 g/mol. The van der Waals surface area contributed by atoms with Crippen LogP contribution in [0.3, 0.4) is 0 Å². The summed E-state index contributed by atoms with van der Waals surface area (Å²) in [5, 5.41) is 3.41. The van der Waals surface area contributed by atoms with Gasteiger partial charge >= 0.3 is 5.97 Å². The van der Waals surface area contributed by atoms with Crippen LogP contribution in [0.4, 0.5) is 0 Å². The third-order valence-electron chi connectivity index (χ3n) is 3.09. The normalized spacial score (nSPS) is 15.2. The zero-order valence-electron chi connectivity index (χ0n) is 12.0. The highest BCUT2D eigenvalue weighted by Gasteiger charge is 2.27. The Morgan fingerprint density at radius 2 is 2.14 bits per heavy atom. The van der Waals surface area contributed by atoms with Crippen molar-refractivity contribution in [2.24, 2.45) is 0 Å². The summed E-state index contributed by atoms with van der Waals surface area (Å²) >= 11 is 5.90. The van der Waals surface area contributed by atoms with E-state index in [1.165, 1.54) is 0 Å². The highest BCUT2D eigenvalue weighted by Crippen LogP contribution is 2.21. The average Bonchev–Trinajstić information content (AvgIpc) is 3.24. The van der Waals surface area contributed by atoms with Gasteiger partial charge in [0.25, 0.3) is 5.91 Å². The predicted molar refractivity (Wildman–Crippen MR) is 78.4 cm³/mol. The summed E-state index contributed by atoms with van der Waals surface area (Å²) in [4.78, 5) is 23.3. The van der Waals surface area contributed by atoms with Gasteiger partial charge in [-0.25, -0.2) is 4.79 Å². The molecule has 1 aliphatic carbocycles. The van der Waals surface area contributed by atoms with Crippen LogP contribution in [0.5, 0.6) is 5.75 Å². The Morgan fingerprint density at radius 1 is 1.43 bits per heavy atom. The van der Waals surface area contributed by atoms with Crippen molar-refractivity contribution in [1.82, 2.24) is 5.32 Å². The number of esters is 1. The first-order valence-corrected chi connectivity index (χ1v) is 7.22. The first-order valence-electron chi connectivity index (χ1n) is 6.84. The van der Waals surface area contributed by atoms with E-state index in [0.29, 0.717) is 10.8 Å². The van der Waals surface area contributed by atoms with E-state index in [1.54, 1.807) is 25.1 Å². The van der Waals surface area contributed by atoms with Gasteiger partial charge in [0.05, 0.1) is 0 Å². The smallest absolute Gasteiger partial charge is 0.344 e. The molecule has 6 heteroatoms. The summed E-state index contributed by atoms with van der Waals surface area (Å²) in [7, 11) is 0. The Bertz CT molecular complexity index is 542. The van der Waals surface area contributed by atoms with Gasteiger partial charge in [-0.3, -0.25) is 4.79 Å². The van der Waals surface area contributed by atoms with Crippen LogP contribution in [-0.2, 0) is 14.3 Å². The maximum atomic E-state index is 11.6. The zero-order chi connectivity index (χ0) is 15.4. The lowest BCUT2D eigenvalue weighted by Crippen LogP contribution is -2.37. The van der Waals surface area contributed by atoms with Crippen LogP contribution in [0.15, 0.2) is 18.2 Å². The van der Waals surface area contributed by atoms with Crippen molar-refractivity contribution in [2.45, 2.75) is 38.8 Å². The summed E-state index contributed by atoms with van der Waals surface area (Å²) in [6, 6.07) is 5.35. The maximum absolute atomic E-state index is 11.6. The summed E-state index contributed by atoms with van der Waals surface area (Å²) < 4.78 is 10.3. The molecule has 1 saturated carbocycles. The molecule has 1 aromatic rings. The number of nitrogens with one attached hydrogen (secondary N) is 1. The number of carbonyl (C=O) groups excluding carboxylic acids is 2. The van der Waals surface area contributed by atoms with Gasteiger partial charge in [0.1, 0.15) is 5.75 Å². The minimum atomic E-state index is -0.811. The molecule has 1 aliphatic rings. The van der Waals surface area contributed by atoms with Crippen molar-refractivity contribution < 1.29 is 19.1 Å². The van der Waals surface area contributed by atoms with Crippen LogP contribution in [0, 0.1) is 6.92 Å². The number of rotatable bonds is 6. The van der Waals surface area contributed by atoms with Gasteiger partial charge in [0.15, 0.2) is 12.7 Å². The topological polar surface area (TPSA) is 64.6 Å². The van der Waals surface area contributed by atoms with E-state index < -0.39 is 12.1 Å². The number of hydrogen-bond donors (Lipinski definition) is 1. The lowest BCUT2D eigenvalue weighted by molar-refractivity contribution is -0.156. The van der Waals surface area contributed by atoms with E-state index in [0.717, 1.165) is 18.4 Å². The van der Waals surface area contributed by atoms with E-state index >= 15 is 0 Å². The molecule has 1 atom stereocenters. The van der Waals surface area contributed by atoms with Gasteiger partial charge in [-0.05, 0) is 50.5 Å². The number of amides is 1. The minimum Gasteiger partial charge on any atom is -0.482 e. The average molecular weight is 312 g/mol. The number of halogens is 1. The highest BCUT2D eigenvalue weighted by atomic mass is 35.5. The fourth-order valence-corrected chi connectivity index (χ4v) is 1.80. The van der Waals surface area contributed by atoms with E-state index in [9.17, 15) is 9.59 Å². The van der Waals surface area contributed by atoms with Gasteiger partial charge in [0.2, 0.25) is 0 Å². The molecule has 0 radical (unpaired) electrons. The van der Waals surface area contributed by atoms with Gasteiger partial charge < -0.3 is 14.8 Å². The zero-order valence-corrected chi connectivity index (χ0v) is 12.8. The number of benzene rings is 1. The molecule has 1 aromatic carbocycles. The minimum absolute atomic E-state index is 0.243. The van der Waals surface area contributed by atoms with Crippen molar-refractivity contribution in [3.63, 3.8) is 0 Å². The first-order chi connectivity index (χ1) is 9.95. The van der Waals surface area contributed by atoms with Gasteiger partial charge in [-0.1, -0.05) is 11.6 Å². The number of aryl methyl sites for hydroxylation is 1. The SMILES string of the molecule is Cc1cc(OCC(=O)O[C@H](C)C(=O)NC2CC2)ccc1Cl. The third kappa shape index (κ3) is 4.93. The van der Waals surface area contributed by atoms with Gasteiger partial charge in [-0.15, -0.1) is 0 Å². The molecule has 0 bridgehead atoms. The highest BCUT2D eigenvalue weighted by molar-refractivity contribution is 6.31. The second kappa shape index (κ2) is 6.80. The molecule has 114 valence electrons. The molecule has 1 amide bonds. The number of carbonyl (C=O) groups is 2. The van der Waals surface area contributed by atoms with Crippen molar-refractivity contribution >= 4 is 23.5 Å². The Kier molecular flexibility index (Phi) is 5.07. The van der Waals surface area contributed by atoms with Crippen LogP contribution in [0.2, 0.25) is 5.02 Å². The van der Waals surface area contributed by atoms with Crippen molar-refractivity contribution in [3.8, 4) is 5.75 Å². The van der Waals surface area contributed by atoms with Crippen LogP contribution in [0.1, 0.15) is 25.3 Å². The Labute approximate surface area is 128 Å². The summed E-state index contributed by atoms with van der Waals surface area (Å²) in [5.74, 6) is -0.321. The number of hydrogen-bond acceptors (Lipinski definition) is 4. The fraction of sp³-hybridized carbons (Fsp3) is 0.467. The van der Waals surface area contributed by atoms with E-state index in [4.69, 9.17) is 21.1 Å². The molecule has 0 saturated heterocycles. The Hall–Kier alpha value is -1.75. The summed E-state index contributed by atoms with van der Waals surface area (Å²) in [5.41, 5.74) is 0.861. The van der Waals surface area contributed by atoms with Gasteiger partial charge in [0, 0.05) is 11.1 Å². The maximum Gasteiger partial charge on any atom is 0.344 e. The molecule has 0 heterocycles. The molecule has 0 spiro atoms.